The van der Waals surface area contributed by atoms with E-state index in [9.17, 15) is 4.79 Å². The number of carbonyl (C=O) groups is 1. The first kappa shape index (κ1) is 12.4. The number of aromatic nitrogens is 1. The van der Waals surface area contributed by atoms with Crippen molar-refractivity contribution in [3.05, 3.63) is 52.5 Å². The zero-order chi connectivity index (χ0) is 13.1. The van der Waals surface area contributed by atoms with Crippen molar-refractivity contribution < 1.29 is 4.79 Å². The van der Waals surface area contributed by atoms with Crippen molar-refractivity contribution in [3.8, 4) is 0 Å². The molecule has 1 aliphatic rings. The van der Waals surface area contributed by atoms with Gasteiger partial charge in [0.1, 0.15) is 5.69 Å². The van der Waals surface area contributed by atoms with Crippen molar-refractivity contribution >= 4 is 17.2 Å². The third kappa shape index (κ3) is 2.68. The molecule has 98 valence electrons. The summed E-state index contributed by atoms with van der Waals surface area (Å²) in [6.45, 7) is 0.855. The van der Waals surface area contributed by atoms with Crippen molar-refractivity contribution in [2.24, 2.45) is 0 Å². The Morgan fingerprint density at radius 1 is 1.37 bits per heavy atom. The first-order valence-corrected chi connectivity index (χ1v) is 7.52. The molecular formula is C15H16N2OS. The van der Waals surface area contributed by atoms with E-state index in [1.54, 1.807) is 5.51 Å². The quantitative estimate of drug-likeness (QED) is 0.860. The fourth-order valence-corrected chi connectivity index (χ4v) is 3.19. The predicted molar refractivity (Wildman–Crippen MR) is 76.3 cm³/mol. The van der Waals surface area contributed by atoms with Crippen LogP contribution in [0.15, 0.2) is 41.2 Å². The molecule has 1 saturated heterocycles. The van der Waals surface area contributed by atoms with Crippen LogP contribution in [-0.2, 0) is 6.42 Å². The Labute approximate surface area is 116 Å². The number of carbonyl (C=O) groups excluding carboxylic acids is 1. The molecule has 0 N–H and O–H groups in total. The fraction of sp³-hybridized carbons (Fsp3) is 0.333. The van der Waals surface area contributed by atoms with Gasteiger partial charge in [-0.1, -0.05) is 30.3 Å². The molecule has 4 heteroatoms. The van der Waals surface area contributed by atoms with E-state index < -0.39 is 0 Å². The Bertz CT molecular complexity index is 539. The van der Waals surface area contributed by atoms with E-state index in [0.717, 1.165) is 25.8 Å². The summed E-state index contributed by atoms with van der Waals surface area (Å²) in [5, 5.41) is 1.83. The van der Waals surface area contributed by atoms with Crippen LogP contribution in [0.4, 0.5) is 0 Å². The molecule has 19 heavy (non-hydrogen) atoms. The molecule has 0 radical (unpaired) electrons. The lowest BCUT2D eigenvalue weighted by Gasteiger charge is -2.24. The van der Waals surface area contributed by atoms with Crippen LogP contribution in [0.1, 0.15) is 28.9 Å². The van der Waals surface area contributed by atoms with E-state index in [1.807, 2.05) is 16.3 Å². The van der Waals surface area contributed by atoms with Crippen LogP contribution in [-0.4, -0.2) is 28.4 Å². The number of amides is 1. The SMILES string of the molecule is O=C(c1cscn1)N1CCCC1Cc1ccccc1. The highest BCUT2D eigenvalue weighted by Crippen LogP contribution is 2.23. The van der Waals surface area contributed by atoms with Crippen LogP contribution >= 0.6 is 11.3 Å². The number of likely N-dealkylation sites (tertiary alicyclic amines) is 1. The largest absolute Gasteiger partial charge is 0.334 e. The van der Waals surface area contributed by atoms with Crippen LogP contribution in [0, 0.1) is 0 Å². The van der Waals surface area contributed by atoms with Gasteiger partial charge in [-0.2, -0.15) is 0 Å². The summed E-state index contributed by atoms with van der Waals surface area (Å²) in [5.41, 5.74) is 3.60. The number of nitrogens with zero attached hydrogens (tertiary/aromatic N) is 2. The van der Waals surface area contributed by atoms with Crippen LogP contribution in [0.5, 0.6) is 0 Å². The van der Waals surface area contributed by atoms with Crippen molar-refractivity contribution in [2.75, 3.05) is 6.54 Å². The van der Waals surface area contributed by atoms with Gasteiger partial charge in [0, 0.05) is 18.0 Å². The number of rotatable bonds is 3. The molecule has 3 nitrogen and oxygen atoms in total. The van der Waals surface area contributed by atoms with Crippen LogP contribution < -0.4 is 0 Å². The van der Waals surface area contributed by atoms with Gasteiger partial charge in [0.05, 0.1) is 5.51 Å². The Morgan fingerprint density at radius 3 is 2.95 bits per heavy atom. The predicted octanol–water partition coefficient (Wildman–Crippen LogP) is 2.99. The minimum atomic E-state index is 0.0830. The molecule has 1 aromatic carbocycles. The molecule has 2 heterocycles. The molecular weight excluding hydrogens is 256 g/mol. The summed E-state index contributed by atoms with van der Waals surface area (Å²) in [5.74, 6) is 0.0830. The first-order valence-electron chi connectivity index (χ1n) is 6.57. The standard InChI is InChI=1S/C15H16N2OS/c18-15(14-10-19-11-16-14)17-8-4-7-13(17)9-12-5-2-1-3-6-12/h1-3,5-6,10-11,13H,4,7-9H2. The van der Waals surface area contributed by atoms with Gasteiger partial charge in [-0.3, -0.25) is 4.79 Å². The maximum absolute atomic E-state index is 12.4. The highest BCUT2D eigenvalue weighted by Gasteiger charge is 2.30. The van der Waals surface area contributed by atoms with Gasteiger partial charge in [-0.25, -0.2) is 4.98 Å². The number of hydrogen-bond acceptors (Lipinski definition) is 3. The molecule has 1 atom stereocenters. The van der Waals surface area contributed by atoms with E-state index in [1.165, 1.54) is 16.9 Å². The summed E-state index contributed by atoms with van der Waals surface area (Å²) in [7, 11) is 0. The summed E-state index contributed by atoms with van der Waals surface area (Å²) in [6, 6.07) is 10.7. The smallest absolute Gasteiger partial charge is 0.273 e. The molecule has 0 saturated carbocycles. The van der Waals surface area contributed by atoms with Gasteiger partial charge < -0.3 is 4.90 Å². The molecule has 0 spiro atoms. The highest BCUT2D eigenvalue weighted by molar-refractivity contribution is 7.07. The Morgan fingerprint density at radius 2 is 2.21 bits per heavy atom. The monoisotopic (exact) mass is 272 g/mol. The number of hydrogen-bond donors (Lipinski definition) is 0. The molecule has 0 aliphatic carbocycles. The Kier molecular flexibility index (Phi) is 3.60. The van der Waals surface area contributed by atoms with Crippen molar-refractivity contribution in [1.29, 1.82) is 0 Å². The molecule has 1 fully saturated rings. The van der Waals surface area contributed by atoms with Gasteiger partial charge in [-0.15, -0.1) is 11.3 Å². The van der Waals surface area contributed by atoms with Gasteiger partial charge in [0.2, 0.25) is 0 Å². The molecule has 1 aliphatic heterocycles. The average Bonchev–Trinajstić information content (AvgIpc) is 3.10. The first-order chi connectivity index (χ1) is 9.34. The third-order valence-electron chi connectivity index (χ3n) is 3.60. The zero-order valence-electron chi connectivity index (χ0n) is 10.7. The molecule has 2 aromatic rings. The zero-order valence-corrected chi connectivity index (χ0v) is 11.5. The minimum absolute atomic E-state index is 0.0830. The van der Waals surface area contributed by atoms with Gasteiger partial charge in [0.25, 0.3) is 5.91 Å². The van der Waals surface area contributed by atoms with Crippen LogP contribution in [0.2, 0.25) is 0 Å². The van der Waals surface area contributed by atoms with Crippen molar-refractivity contribution in [1.82, 2.24) is 9.88 Å². The van der Waals surface area contributed by atoms with E-state index in [-0.39, 0.29) is 5.91 Å². The molecule has 1 amide bonds. The summed E-state index contributed by atoms with van der Waals surface area (Å²) in [4.78, 5) is 18.5. The second kappa shape index (κ2) is 5.53. The van der Waals surface area contributed by atoms with Crippen LogP contribution in [0.25, 0.3) is 0 Å². The van der Waals surface area contributed by atoms with E-state index in [2.05, 4.69) is 29.2 Å². The topological polar surface area (TPSA) is 33.2 Å². The number of thiazole rings is 1. The fourth-order valence-electron chi connectivity index (χ4n) is 2.67. The maximum Gasteiger partial charge on any atom is 0.273 e. The minimum Gasteiger partial charge on any atom is -0.334 e. The molecule has 3 rings (SSSR count). The van der Waals surface area contributed by atoms with Crippen LogP contribution in [0.3, 0.4) is 0 Å². The van der Waals surface area contributed by atoms with Gasteiger partial charge >= 0.3 is 0 Å². The molecule has 1 unspecified atom stereocenters. The van der Waals surface area contributed by atoms with Crippen molar-refractivity contribution in [2.45, 2.75) is 25.3 Å². The van der Waals surface area contributed by atoms with E-state index >= 15 is 0 Å². The lowest BCUT2D eigenvalue weighted by atomic mass is 10.0. The molecule has 1 aromatic heterocycles. The summed E-state index contributed by atoms with van der Waals surface area (Å²) in [6.07, 6.45) is 3.12. The lowest BCUT2D eigenvalue weighted by Crippen LogP contribution is -2.36. The van der Waals surface area contributed by atoms with Crippen molar-refractivity contribution in [3.63, 3.8) is 0 Å². The Hall–Kier alpha value is -1.68. The van der Waals surface area contributed by atoms with E-state index in [4.69, 9.17) is 0 Å². The highest BCUT2D eigenvalue weighted by atomic mass is 32.1. The van der Waals surface area contributed by atoms with Gasteiger partial charge in [-0.05, 0) is 24.8 Å². The Balaban J connectivity index is 1.73. The molecule has 0 bridgehead atoms. The number of benzene rings is 1. The lowest BCUT2D eigenvalue weighted by molar-refractivity contribution is 0.0731. The second-order valence-corrected chi connectivity index (χ2v) is 5.58. The summed E-state index contributed by atoms with van der Waals surface area (Å²) < 4.78 is 0. The maximum atomic E-state index is 12.4. The average molecular weight is 272 g/mol. The van der Waals surface area contributed by atoms with E-state index in [0.29, 0.717) is 11.7 Å². The third-order valence-corrected chi connectivity index (χ3v) is 4.19. The summed E-state index contributed by atoms with van der Waals surface area (Å²) >= 11 is 1.47. The normalized spacial score (nSPS) is 18.7. The van der Waals surface area contributed by atoms with Gasteiger partial charge in [0.15, 0.2) is 0 Å². The second-order valence-electron chi connectivity index (χ2n) is 4.86.